The second-order valence-corrected chi connectivity index (χ2v) is 9.37. The third kappa shape index (κ3) is 6.59. The average molecular weight is 450 g/mol. The van der Waals surface area contributed by atoms with Crippen LogP contribution >= 0.6 is 46.5 Å². The fourth-order valence-corrected chi connectivity index (χ4v) is 4.88. The van der Waals surface area contributed by atoms with Gasteiger partial charge in [0.2, 0.25) is 0 Å². The van der Waals surface area contributed by atoms with E-state index in [0.717, 1.165) is 25.0 Å². The highest BCUT2D eigenvalue weighted by atomic mass is 35.5. The Labute approximate surface area is 180 Å². The summed E-state index contributed by atoms with van der Waals surface area (Å²) in [5.41, 5.74) is 5.28. The van der Waals surface area contributed by atoms with Gasteiger partial charge in [0, 0.05) is 28.7 Å². The molecule has 0 aliphatic carbocycles. The summed E-state index contributed by atoms with van der Waals surface area (Å²) in [4.78, 5) is 16.0. The molecule has 0 fully saturated rings. The molecule has 0 aliphatic rings. The Morgan fingerprint density at radius 1 is 1.18 bits per heavy atom. The lowest BCUT2D eigenvalue weighted by Gasteiger charge is -2.01. The number of rotatable bonds is 8. The predicted octanol–water partition coefficient (Wildman–Crippen LogP) is 4.51. The van der Waals surface area contributed by atoms with Crippen molar-refractivity contribution >= 4 is 58.1 Å². The van der Waals surface area contributed by atoms with E-state index in [0.29, 0.717) is 5.71 Å². The van der Waals surface area contributed by atoms with E-state index in [2.05, 4.69) is 25.7 Å². The fraction of sp³-hybridized carbons (Fsp3) is 0.167. The third-order valence-corrected chi connectivity index (χ3v) is 6.93. The lowest BCUT2D eigenvalue weighted by atomic mass is 10.2. The summed E-state index contributed by atoms with van der Waals surface area (Å²) in [7, 11) is 0. The molecule has 0 saturated heterocycles. The minimum absolute atomic E-state index is 0.196. The molecule has 0 atom stereocenters. The van der Waals surface area contributed by atoms with E-state index in [9.17, 15) is 4.79 Å². The predicted molar refractivity (Wildman–Crippen MR) is 116 cm³/mol. The maximum atomic E-state index is 12.0. The number of nitrogens with one attached hydrogen (secondary N) is 1. The first kappa shape index (κ1) is 20.8. The first-order valence-electron chi connectivity index (χ1n) is 8.17. The van der Waals surface area contributed by atoms with Gasteiger partial charge in [-0.05, 0) is 30.7 Å². The number of pyridine rings is 1. The van der Waals surface area contributed by atoms with Crippen LogP contribution in [-0.2, 0) is 10.5 Å². The number of aromatic nitrogens is 3. The number of hydrogen-bond acceptors (Lipinski definition) is 8. The smallest absolute Gasteiger partial charge is 0.250 e. The normalized spacial score (nSPS) is 11.4. The number of halogens is 1. The summed E-state index contributed by atoms with van der Waals surface area (Å²) in [5.74, 6) is 0.818. The first-order valence-corrected chi connectivity index (χ1v) is 11.3. The second kappa shape index (κ2) is 10.6. The van der Waals surface area contributed by atoms with Crippen molar-refractivity contribution in [3.63, 3.8) is 0 Å². The number of hydrogen-bond donors (Lipinski definition) is 1. The molecule has 3 rings (SSSR count). The van der Waals surface area contributed by atoms with Crippen LogP contribution in [0.5, 0.6) is 0 Å². The average Bonchev–Trinajstić information content (AvgIpc) is 3.18. The van der Waals surface area contributed by atoms with Crippen molar-refractivity contribution in [1.29, 1.82) is 0 Å². The van der Waals surface area contributed by atoms with Crippen molar-refractivity contribution in [2.75, 3.05) is 5.75 Å². The zero-order chi connectivity index (χ0) is 19.8. The molecule has 0 radical (unpaired) electrons. The molecule has 1 N–H and O–H groups in total. The molecule has 10 heteroatoms. The molecular weight excluding hydrogens is 434 g/mol. The van der Waals surface area contributed by atoms with Gasteiger partial charge in [-0.15, -0.1) is 10.2 Å². The molecule has 0 aliphatic heterocycles. The van der Waals surface area contributed by atoms with Crippen molar-refractivity contribution in [1.82, 2.24) is 20.6 Å². The summed E-state index contributed by atoms with van der Waals surface area (Å²) in [5, 5.41) is 13.1. The van der Waals surface area contributed by atoms with Gasteiger partial charge in [0.05, 0.1) is 11.5 Å². The Morgan fingerprint density at radius 2 is 1.93 bits per heavy atom. The molecule has 6 nitrogen and oxygen atoms in total. The lowest BCUT2D eigenvalue weighted by molar-refractivity contribution is -0.118. The summed E-state index contributed by atoms with van der Waals surface area (Å²) < 4.78 is 1.62. The first-order chi connectivity index (χ1) is 13.6. The summed E-state index contributed by atoms with van der Waals surface area (Å²) in [6.45, 7) is 1.82. The Bertz CT molecular complexity index is 947. The van der Waals surface area contributed by atoms with Crippen LogP contribution in [0.4, 0.5) is 0 Å². The van der Waals surface area contributed by atoms with Crippen molar-refractivity contribution in [3.8, 4) is 0 Å². The van der Waals surface area contributed by atoms with Gasteiger partial charge in [-0.1, -0.05) is 64.7 Å². The highest BCUT2D eigenvalue weighted by Crippen LogP contribution is 2.30. The Kier molecular flexibility index (Phi) is 7.84. The number of amides is 1. The molecule has 2 aromatic heterocycles. The zero-order valence-electron chi connectivity index (χ0n) is 14.8. The van der Waals surface area contributed by atoms with Crippen LogP contribution < -0.4 is 5.43 Å². The lowest BCUT2D eigenvalue weighted by Crippen LogP contribution is -2.21. The van der Waals surface area contributed by atoms with E-state index in [1.807, 2.05) is 43.3 Å². The summed E-state index contributed by atoms with van der Waals surface area (Å²) >= 11 is 10.3. The van der Waals surface area contributed by atoms with Gasteiger partial charge >= 0.3 is 0 Å². The molecule has 0 bridgehead atoms. The van der Waals surface area contributed by atoms with Crippen LogP contribution in [0.2, 0.25) is 5.02 Å². The van der Waals surface area contributed by atoms with Crippen molar-refractivity contribution in [3.05, 3.63) is 64.9 Å². The monoisotopic (exact) mass is 449 g/mol. The highest BCUT2D eigenvalue weighted by Gasteiger charge is 2.09. The van der Waals surface area contributed by atoms with E-state index < -0.39 is 0 Å². The SMILES string of the molecule is C/C(=N\NC(=O)CSc1nnc(SCc2ccc(Cl)cc2)s1)c1cccnc1. The third-order valence-electron chi connectivity index (χ3n) is 3.42. The van der Waals surface area contributed by atoms with Crippen LogP contribution in [0.1, 0.15) is 18.1 Å². The van der Waals surface area contributed by atoms with Gasteiger partial charge in [0.25, 0.3) is 5.91 Å². The molecule has 1 amide bonds. The largest absolute Gasteiger partial charge is 0.272 e. The molecule has 144 valence electrons. The molecule has 28 heavy (non-hydrogen) atoms. The van der Waals surface area contributed by atoms with E-state index in [1.165, 1.54) is 28.7 Å². The Balaban J connectivity index is 1.43. The fourth-order valence-electron chi connectivity index (χ4n) is 1.99. The maximum Gasteiger partial charge on any atom is 0.250 e. The Morgan fingerprint density at radius 3 is 2.64 bits per heavy atom. The minimum Gasteiger partial charge on any atom is -0.272 e. The van der Waals surface area contributed by atoms with Gasteiger partial charge in [0.1, 0.15) is 0 Å². The highest BCUT2D eigenvalue weighted by molar-refractivity contribution is 8.03. The molecule has 3 aromatic rings. The molecule has 0 saturated carbocycles. The minimum atomic E-state index is -0.196. The quantitative estimate of drug-likeness (QED) is 0.309. The molecule has 0 spiro atoms. The van der Waals surface area contributed by atoms with Crippen molar-refractivity contribution in [2.24, 2.45) is 5.10 Å². The number of nitrogens with zero attached hydrogens (tertiary/aromatic N) is 4. The van der Waals surface area contributed by atoms with Gasteiger partial charge in [-0.2, -0.15) is 5.10 Å². The zero-order valence-corrected chi connectivity index (χ0v) is 18.0. The standard InChI is InChI=1S/C18H16ClN5OS3/c1-12(14-3-2-8-20-9-14)21-22-16(25)11-27-18-24-23-17(28-18)26-10-13-4-6-15(19)7-5-13/h2-9H,10-11H2,1H3,(H,22,25)/b21-12+. The molecule has 1 aromatic carbocycles. The topological polar surface area (TPSA) is 80.1 Å². The van der Waals surface area contributed by atoms with Crippen molar-refractivity contribution < 1.29 is 4.79 Å². The Hall–Kier alpha value is -1.94. The van der Waals surface area contributed by atoms with E-state index >= 15 is 0 Å². The van der Waals surface area contributed by atoms with E-state index in [1.54, 1.807) is 24.2 Å². The van der Waals surface area contributed by atoms with Crippen LogP contribution in [0.15, 0.2) is 62.6 Å². The van der Waals surface area contributed by atoms with Gasteiger partial charge < -0.3 is 0 Å². The number of carbonyl (C=O) groups is 1. The van der Waals surface area contributed by atoms with Crippen LogP contribution in [0.25, 0.3) is 0 Å². The van der Waals surface area contributed by atoms with Crippen LogP contribution in [0.3, 0.4) is 0 Å². The molecular formula is C18H16ClN5OS3. The summed E-state index contributed by atoms with van der Waals surface area (Å²) in [6.07, 6.45) is 3.39. The molecule has 0 unspecified atom stereocenters. The number of thioether (sulfide) groups is 2. The second-order valence-electron chi connectivity index (χ2n) is 5.51. The number of carbonyl (C=O) groups excluding carboxylic acids is 1. The van der Waals surface area contributed by atoms with Crippen LogP contribution in [-0.4, -0.2) is 32.6 Å². The number of benzene rings is 1. The van der Waals surface area contributed by atoms with Crippen molar-refractivity contribution in [2.45, 2.75) is 21.4 Å². The van der Waals surface area contributed by atoms with E-state index in [-0.39, 0.29) is 11.7 Å². The number of hydrazone groups is 1. The summed E-state index contributed by atoms with van der Waals surface area (Å²) in [6, 6.07) is 11.4. The maximum absolute atomic E-state index is 12.0. The molecule has 2 heterocycles. The van der Waals surface area contributed by atoms with Crippen LogP contribution in [0, 0.1) is 0 Å². The van der Waals surface area contributed by atoms with Gasteiger partial charge in [-0.25, -0.2) is 5.43 Å². The van der Waals surface area contributed by atoms with Gasteiger partial charge in [-0.3, -0.25) is 9.78 Å². The van der Waals surface area contributed by atoms with E-state index in [4.69, 9.17) is 11.6 Å². The van der Waals surface area contributed by atoms with Gasteiger partial charge in [0.15, 0.2) is 8.68 Å².